The van der Waals surface area contributed by atoms with Crippen molar-refractivity contribution in [2.24, 2.45) is 0 Å². The fraction of sp³-hybridized carbons (Fsp3) is 0.714. The molecular weight excluding hydrogens is 160 g/mol. The van der Waals surface area contributed by atoms with Crippen molar-refractivity contribution >= 4 is 11.9 Å². The van der Waals surface area contributed by atoms with Crippen LogP contribution in [0.15, 0.2) is 0 Å². The number of methoxy groups -OCH3 is 1. The molecule has 1 N–H and O–H groups in total. The van der Waals surface area contributed by atoms with E-state index in [1.165, 1.54) is 4.90 Å². The smallest absolute Gasteiger partial charge is 0.324 e. The van der Waals surface area contributed by atoms with E-state index >= 15 is 0 Å². The summed E-state index contributed by atoms with van der Waals surface area (Å²) in [7, 11) is 1.56. The number of urea groups is 1. The Labute approximate surface area is 70.7 Å². The predicted molar refractivity (Wildman–Crippen MR) is 41.6 cm³/mol. The Balaban J connectivity index is 2.51. The normalized spacial score (nSPS) is 23.2. The third kappa shape index (κ3) is 1.55. The second-order valence-electron chi connectivity index (χ2n) is 2.66. The van der Waals surface area contributed by atoms with Crippen molar-refractivity contribution in [3.8, 4) is 0 Å². The van der Waals surface area contributed by atoms with Gasteiger partial charge in [0.25, 0.3) is 5.91 Å². The fourth-order valence-electron chi connectivity index (χ4n) is 1.08. The number of nitrogens with zero attached hydrogens (tertiary/aromatic N) is 1. The highest BCUT2D eigenvalue weighted by atomic mass is 16.5. The molecule has 12 heavy (non-hydrogen) atoms. The third-order valence-electron chi connectivity index (χ3n) is 1.87. The van der Waals surface area contributed by atoms with Gasteiger partial charge in [-0.3, -0.25) is 10.1 Å². The quantitative estimate of drug-likeness (QED) is 0.588. The minimum Gasteiger partial charge on any atom is -0.383 e. The van der Waals surface area contributed by atoms with Crippen LogP contribution in [0.2, 0.25) is 0 Å². The van der Waals surface area contributed by atoms with Crippen molar-refractivity contribution in [1.29, 1.82) is 0 Å². The van der Waals surface area contributed by atoms with Gasteiger partial charge in [0.05, 0.1) is 6.61 Å². The van der Waals surface area contributed by atoms with Gasteiger partial charge in [-0.05, 0) is 6.92 Å². The average molecular weight is 172 g/mol. The van der Waals surface area contributed by atoms with E-state index in [1.54, 1.807) is 14.0 Å². The molecule has 1 atom stereocenters. The van der Waals surface area contributed by atoms with Crippen LogP contribution in [-0.2, 0) is 9.53 Å². The number of hydrogen-bond acceptors (Lipinski definition) is 3. The molecule has 1 aliphatic heterocycles. The van der Waals surface area contributed by atoms with Crippen molar-refractivity contribution in [2.75, 3.05) is 20.3 Å². The summed E-state index contributed by atoms with van der Waals surface area (Å²) in [6.07, 6.45) is 0. The summed E-state index contributed by atoms with van der Waals surface area (Å²) in [4.78, 5) is 23.4. The van der Waals surface area contributed by atoms with Crippen LogP contribution in [0.4, 0.5) is 4.79 Å². The summed E-state index contributed by atoms with van der Waals surface area (Å²) in [6, 6.07) is -0.697. The number of ether oxygens (including phenoxy) is 1. The molecule has 0 aliphatic carbocycles. The fourth-order valence-corrected chi connectivity index (χ4v) is 1.08. The Kier molecular flexibility index (Phi) is 2.65. The van der Waals surface area contributed by atoms with E-state index in [0.29, 0.717) is 13.2 Å². The van der Waals surface area contributed by atoms with Crippen LogP contribution >= 0.6 is 0 Å². The molecule has 3 amide bonds. The lowest BCUT2D eigenvalue weighted by atomic mass is 10.3. The lowest BCUT2D eigenvalue weighted by Crippen LogP contribution is -2.35. The molecule has 1 rings (SSSR count). The second-order valence-corrected chi connectivity index (χ2v) is 2.66. The molecular formula is C7H12N2O3. The summed E-state index contributed by atoms with van der Waals surface area (Å²) < 4.78 is 4.80. The van der Waals surface area contributed by atoms with Gasteiger partial charge in [0.15, 0.2) is 0 Å². The Hall–Kier alpha value is -1.10. The summed E-state index contributed by atoms with van der Waals surface area (Å²) in [5.41, 5.74) is 0. The first-order valence-corrected chi connectivity index (χ1v) is 3.77. The molecule has 0 bridgehead atoms. The SMILES string of the molecule is COCCN1C(=O)NC(=O)C1C. The second kappa shape index (κ2) is 3.53. The zero-order valence-electron chi connectivity index (χ0n) is 7.16. The van der Waals surface area contributed by atoms with Gasteiger partial charge in [-0.15, -0.1) is 0 Å². The minimum atomic E-state index is -0.368. The van der Waals surface area contributed by atoms with Crippen LogP contribution in [0.25, 0.3) is 0 Å². The van der Waals surface area contributed by atoms with Crippen molar-refractivity contribution in [3.63, 3.8) is 0 Å². The van der Waals surface area contributed by atoms with Crippen LogP contribution in [-0.4, -0.2) is 43.1 Å². The van der Waals surface area contributed by atoms with Gasteiger partial charge >= 0.3 is 6.03 Å². The van der Waals surface area contributed by atoms with Crippen molar-refractivity contribution in [3.05, 3.63) is 0 Å². The maximum absolute atomic E-state index is 11.0. The zero-order chi connectivity index (χ0) is 9.14. The van der Waals surface area contributed by atoms with Crippen LogP contribution < -0.4 is 5.32 Å². The van der Waals surface area contributed by atoms with E-state index in [1.807, 2.05) is 0 Å². The maximum Gasteiger partial charge on any atom is 0.324 e. The number of hydrogen-bond donors (Lipinski definition) is 1. The average Bonchev–Trinajstić information content (AvgIpc) is 2.25. The summed E-state index contributed by atoms with van der Waals surface area (Å²) in [6.45, 7) is 2.59. The first-order chi connectivity index (χ1) is 5.66. The molecule has 1 heterocycles. The highest BCUT2D eigenvalue weighted by molar-refractivity contribution is 6.03. The number of imide groups is 1. The highest BCUT2D eigenvalue weighted by Gasteiger charge is 2.34. The predicted octanol–water partition coefficient (Wildman–Crippen LogP) is -0.427. The standard InChI is InChI=1S/C7H12N2O3/c1-5-6(10)8-7(11)9(5)3-4-12-2/h5H,3-4H2,1-2H3,(H,8,10,11). The van der Waals surface area contributed by atoms with Crippen LogP contribution in [0.1, 0.15) is 6.92 Å². The Morgan fingerprint density at radius 2 is 2.25 bits per heavy atom. The molecule has 1 unspecified atom stereocenters. The molecule has 0 aromatic heterocycles. The van der Waals surface area contributed by atoms with E-state index in [9.17, 15) is 9.59 Å². The van der Waals surface area contributed by atoms with Crippen molar-refractivity contribution in [2.45, 2.75) is 13.0 Å². The summed E-state index contributed by atoms with van der Waals surface area (Å²) in [5.74, 6) is -0.240. The third-order valence-corrected chi connectivity index (χ3v) is 1.87. The number of nitrogens with one attached hydrogen (secondary N) is 1. The first kappa shape index (κ1) is 8.99. The van der Waals surface area contributed by atoms with Gasteiger partial charge < -0.3 is 9.64 Å². The summed E-state index contributed by atoms with van der Waals surface area (Å²) >= 11 is 0. The van der Waals surface area contributed by atoms with Gasteiger partial charge in [-0.25, -0.2) is 4.79 Å². The molecule has 1 fully saturated rings. The monoisotopic (exact) mass is 172 g/mol. The molecule has 1 saturated heterocycles. The van der Waals surface area contributed by atoms with Gasteiger partial charge in [0, 0.05) is 13.7 Å². The number of amides is 3. The lowest BCUT2D eigenvalue weighted by Gasteiger charge is -2.17. The van der Waals surface area contributed by atoms with E-state index in [2.05, 4.69) is 5.32 Å². The van der Waals surface area contributed by atoms with E-state index in [-0.39, 0.29) is 18.0 Å². The first-order valence-electron chi connectivity index (χ1n) is 3.77. The maximum atomic E-state index is 11.0. The lowest BCUT2D eigenvalue weighted by molar-refractivity contribution is -0.121. The van der Waals surface area contributed by atoms with Crippen molar-refractivity contribution in [1.82, 2.24) is 10.2 Å². The molecule has 68 valence electrons. The molecule has 5 heteroatoms. The van der Waals surface area contributed by atoms with E-state index in [4.69, 9.17) is 4.74 Å². The molecule has 0 saturated carbocycles. The topological polar surface area (TPSA) is 58.6 Å². The molecule has 5 nitrogen and oxygen atoms in total. The van der Waals surface area contributed by atoms with Crippen molar-refractivity contribution < 1.29 is 14.3 Å². The van der Waals surface area contributed by atoms with Crippen LogP contribution in [0, 0.1) is 0 Å². The van der Waals surface area contributed by atoms with Gasteiger partial charge in [-0.2, -0.15) is 0 Å². The molecule has 0 radical (unpaired) electrons. The van der Waals surface area contributed by atoms with Gasteiger partial charge in [-0.1, -0.05) is 0 Å². The van der Waals surface area contributed by atoms with E-state index < -0.39 is 0 Å². The Bertz CT molecular complexity index is 205. The van der Waals surface area contributed by atoms with E-state index in [0.717, 1.165) is 0 Å². The van der Waals surface area contributed by atoms with Gasteiger partial charge in [0.2, 0.25) is 0 Å². The molecule has 0 aromatic rings. The number of carbonyl (C=O) groups excluding carboxylic acids is 2. The molecule has 0 spiro atoms. The molecule has 1 aliphatic rings. The van der Waals surface area contributed by atoms with Gasteiger partial charge in [0.1, 0.15) is 6.04 Å². The summed E-state index contributed by atoms with van der Waals surface area (Å²) in [5, 5.41) is 2.22. The highest BCUT2D eigenvalue weighted by Crippen LogP contribution is 2.06. The Morgan fingerprint density at radius 1 is 1.58 bits per heavy atom. The number of carbonyl (C=O) groups is 2. The minimum absolute atomic E-state index is 0.240. The van der Waals surface area contributed by atoms with Crippen LogP contribution in [0.5, 0.6) is 0 Å². The number of rotatable bonds is 3. The zero-order valence-corrected chi connectivity index (χ0v) is 7.16. The largest absolute Gasteiger partial charge is 0.383 e. The molecule has 0 aromatic carbocycles. The Morgan fingerprint density at radius 3 is 2.67 bits per heavy atom. The van der Waals surface area contributed by atoms with Crippen LogP contribution in [0.3, 0.4) is 0 Å².